The maximum absolute atomic E-state index is 12.6. The van der Waals surface area contributed by atoms with Gasteiger partial charge in [-0.1, -0.05) is 18.7 Å². The van der Waals surface area contributed by atoms with Crippen LogP contribution in [0.5, 0.6) is 11.5 Å². The first-order valence-electron chi connectivity index (χ1n) is 7.66. The van der Waals surface area contributed by atoms with Gasteiger partial charge in [0.25, 0.3) is 0 Å². The summed E-state index contributed by atoms with van der Waals surface area (Å²) in [4.78, 5) is 24.5. The van der Waals surface area contributed by atoms with Crippen molar-refractivity contribution in [3.05, 3.63) is 36.0 Å². The molecule has 2 rings (SSSR count). The van der Waals surface area contributed by atoms with Crippen LogP contribution in [0.3, 0.4) is 0 Å². The molecule has 0 spiro atoms. The van der Waals surface area contributed by atoms with Gasteiger partial charge in [-0.25, -0.2) is 4.79 Å². The Morgan fingerprint density at radius 3 is 2.72 bits per heavy atom. The second kappa shape index (κ2) is 8.66. The summed E-state index contributed by atoms with van der Waals surface area (Å²) in [5.74, 6) is 0.416. The number of methoxy groups -OCH3 is 2. The second-order valence-electron chi connectivity index (χ2n) is 5.32. The first-order chi connectivity index (χ1) is 12.0. The number of nitrogens with one attached hydrogen (secondary N) is 2. The van der Waals surface area contributed by atoms with Crippen LogP contribution < -0.4 is 20.1 Å². The zero-order valence-corrected chi connectivity index (χ0v) is 15.3. The number of carbonyl (C=O) groups excluding carboxylic acids is 2. The first-order valence-corrected chi connectivity index (χ1v) is 9.05. The molecule has 0 bridgehead atoms. The lowest BCUT2D eigenvalue weighted by atomic mass is 9.88. The summed E-state index contributed by atoms with van der Waals surface area (Å²) in [6.07, 6.45) is 1.93. The van der Waals surface area contributed by atoms with Crippen molar-refractivity contribution in [3.63, 3.8) is 0 Å². The van der Waals surface area contributed by atoms with Gasteiger partial charge in [-0.15, -0.1) is 0 Å². The fourth-order valence-electron chi connectivity index (χ4n) is 2.69. The number of urea groups is 1. The number of esters is 1. The molecule has 1 fully saturated rings. The fraction of sp³-hybridized carbons (Fsp3) is 0.412. The summed E-state index contributed by atoms with van der Waals surface area (Å²) < 4.78 is 16.1. The molecule has 0 radical (unpaired) electrons. The number of carbonyl (C=O) groups is 2. The Morgan fingerprint density at radius 2 is 2.08 bits per heavy atom. The molecule has 0 unspecified atom stereocenters. The maximum atomic E-state index is 12.6. The Hall–Kier alpha value is -2.35. The average molecular weight is 366 g/mol. The Kier molecular flexibility index (Phi) is 6.58. The molecule has 2 atom stereocenters. The average Bonchev–Trinajstić information content (AvgIpc) is 2.60. The van der Waals surface area contributed by atoms with Gasteiger partial charge < -0.3 is 24.8 Å². The van der Waals surface area contributed by atoms with Crippen LogP contribution in [0.25, 0.3) is 0 Å². The molecule has 1 aromatic carbocycles. The Bertz CT molecular complexity index is 664. The van der Waals surface area contributed by atoms with Crippen molar-refractivity contribution in [2.24, 2.45) is 5.92 Å². The van der Waals surface area contributed by atoms with Crippen molar-refractivity contribution >= 4 is 23.8 Å². The highest BCUT2D eigenvalue weighted by Crippen LogP contribution is 2.40. The molecule has 0 aliphatic carbocycles. The molecule has 0 aromatic heterocycles. The molecule has 2 N–H and O–H groups in total. The summed E-state index contributed by atoms with van der Waals surface area (Å²) in [6.45, 7) is 4.11. The van der Waals surface area contributed by atoms with E-state index in [4.69, 9.17) is 14.2 Å². The van der Waals surface area contributed by atoms with Gasteiger partial charge in [0, 0.05) is 17.0 Å². The van der Waals surface area contributed by atoms with Crippen LogP contribution in [0.2, 0.25) is 0 Å². The summed E-state index contributed by atoms with van der Waals surface area (Å²) >= 11 is 1.58. The largest absolute Gasteiger partial charge is 0.493 e. The number of para-hydroxylation sites is 1. The van der Waals surface area contributed by atoms with E-state index in [1.54, 1.807) is 30.0 Å². The molecular formula is C17H22N2O5S. The van der Waals surface area contributed by atoms with Crippen molar-refractivity contribution in [2.45, 2.75) is 6.04 Å². The molecule has 1 saturated heterocycles. The van der Waals surface area contributed by atoms with Crippen LogP contribution in [0.4, 0.5) is 4.79 Å². The zero-order valence-electron chi connectivity index (χ0n) is 14.5. The minimum absolute atomic E-state index is 0.285. The lowest BCUT2D eigenvalue weighted by Crippen LogP contribution is -2.51. The zero-order chi connectivity index (χ0) is 18.4. The molecule has 25 heavy (non-hydrogen) atoms. The highest BCUT2D eigenvalue weighted by atomic mass is 32.2. The monoisotopic (exact) mass is 366 g/mol. The van der Waals surface area contributed by atoms with E-state index in [1.165, 1.54) is 14.2 Å². The highest BCUT2D eigenvalue weighted by Gasteiger charge is 2.40. The van der Waals surface area contributed by atoms with Crippen LogP contribution in [0.1, 0.15) is 11.6 Å². The van der Waals surface area contributed by atoms with E-state index in [-0.39, 0.29) is 5.70 Å². The molecule has 1 aliphatic heterocycles. The van der Waals surface area contributed by atoms with E-state index >= 15 is 0 Å². The number of ether oxygens (including phenoxy) is 3. The van der Waals surface area contributed by atoms with Gasteiger partial charge in [-0.05, 0) is 12.3 Å². The standard InChI is InChI=1S/C17H22N2O5S/c1-10-13(16(20)24-8-9-25-4)14(19-17(21)18-10)11-6-5-7-12(22-2)15(11)23-3/h5-7,13-14H,1,8-9H2,2-4H3,(H2,18,19,21)/t13-,14+/m0/s1. The molecular weight excluding hydrogens is 344 g/mol. The fourth-order valence-corrected chi connectivity index (χ4v) is 2.94. The van der Waals surface area contributed by atoms with Crippen LogP contribution in [0, 0.1) is 5.92 Å². The predicted molar refractivity (Wildman–Crippen MR) is 95.9 cm³/mol. The smallest absolute Gasteiger partial charge is 0.319 e. The van der Waals surface area contributed by atoms with E-state index < -0.39 is 24.0 Å². The molecule has 2 amide bonds. The van der Waals surface area contributed by atoms with Gasteiger partial charge in [0.2, 0.25) is 0 Å². The van der Waals surface area contributed by atoms with Crippen molar-refractivity contribution in [1.82, 2.24) is 10.6 Å². The number of rotatable bonds is 7. The number of thioether (sulfide) groups is 1. The molecule has 8 heteroatoms. The van der Waals surface area contributed by atoms with Gasteiger partial charge in [-0.2, -0.15) is 11.8 Å². The van der Waals surface area contributed by atoms with E-state index in [2.05, 4.69) is 17.2 Å². The summed E-state index contributed by atoms with van der Waals surface area (Å²) in [5, 5.41) is 5.30. The minimum Gasteiger partial charge on any atom is -0.493 e. The van der Waals surface area contributed by atoms with Gasteiger partial charge in [0.05, 0.1) is 20.3 Å². The highest BCUT2D eigenvalue weighted by molar-refractivity contribution is 7.98. The number of amides is 2. The molecule has 1 heterocycles. The Morgan fingerprint density at radius 1 is 1.32 bits per heavy atom. The normalized spacial score (nSPS) is 19.6. The van der Waals surface area contributed by atoms with E-state index in [0.717, 1.165) is 0 Å². The van der Waals surface area contributed by atoms with Crippen molar-refractivity contribution < 1.29 is 23.8 Å². The molecule has 136 valence electrons. The van der Waals surface area contributed by atoms with Gasteiger partial charge in [0.1, 0.15) is 12.5 Å². The second-order valence-corrected chi connectivity index (χ2v) is 6.31. The topological polar surface area (TPSA) is 85.9 Å². The third-order valence-electron chi connectivity index (χ3n) is 3.82. The quantitative estimate of drug-likeness (QED) is 0.568. The van der Waals surface area contributed by atoms with Gasteiger partial charge in [0.15, 0.2) is 11.5 Å². The lowest BCUT2D eigenvalue weighted by Gasteiger charge is -2.34. The van der Waals surface area contributed by atoms with Gasteiger partial charge >= 0.3 is 12.0 Å². The lowest BCUT2D eigenvalue weighted by molar-refractivity contribution is -0.147. The van der Waals surface area contributed by atoms with Crippen molar-refractivity contribution in [2.75, 3.05) is 32.8 Å². The third-order valence-corrected chi connectivity index (χ3v) is 4.40. The Labute approximate surface area is 151 Å². The van der Waals surface area contributed by atoms with Crippen LogP contribution >= 0.6 is 11.8 Å². The predicted octanol–water partition coefficient (Wildman–Crippen LogP) is 2.09. The summed E-state index contributed by atoms with van der Waals surface area (Å²) in [6, 6.07) is 4.17. The first kappa shape index (κ1) is 19.0. The minimum atomic E-state index is -0.777. The SMILES string of the molecule is C=C1NC(=O)N[C@H](c2cccc(OC)c2OC)[C@H]1C(=O)OCCSC. The van der Waals surface area contributed by atoms with Crippen LogP contribution in [0.15, 0.2) is 30.5 Å². The van der Waals surface area contributed by atoms with Crippen molar-refractivity contribution in [3.8, 4) is 11.5 Å². The van der Waals surface area contributed by atoms with E-state index in [1.807, 2.05) is 6.26 Å². The van der Waals surface area contributed by atoms with Gasteiger partial charge in [-0.3, -0.25) is 4.79 Å². The number of benzene rings is 1. The van der Waals surface area contributed by atoms with Crippen molar-refractivity contribution in [1.29, 1.82) is 0 Å². The number of hydrogen-bond acceptors (Lipinski definition) is 6. The Balaban J connectivity index is 2.38. The molecule has 1 aliphatic rings. The maximum Gasteiger partial charge on any atom is 0.319 e. The molecule has 7 nitrogen and oxygen atoms in total. The third kappa shape index (κ3) is 4.19. The summed E-state index contributed by atoms with van der Waals surface area (Å²) in [5.41, 5.74) is 0.900. The number of hydrogen-bond donors (Lipinski definition) is 2. The van der Waals surface area contributed by atoms with Crippen LogP contribution in [-0.2, 0) is 9.53 Å². The summed E-state index contributed by atoms with van der Waals surface area (Å²) in [7, 11) is 3.03. The van der Waals surface area contributed by atoms with Crippen LogP contribution in [-0.4, -0.2) is 44.8 Å². The van der Waals surface area contributed by atoms with E-state index in [9.17, 15) is 9.59 Å². The molecule has 0 saturated carbocycles. The van der Waals surface area contributed by atoms with E-state index in [0.29, 0.717) is 29.4 Å². The molecule has 1 aromatic rings.